The smallest absolute Gasteiger partial charge is 0.0836 e. The zero-order valence-corrected chi connectivity index (χ0v) is 31.5. The van der Waals surface area contributed by atoms with E-state index in [2.05, 4.69) is 170 Å². The minimum absolute atomic E-state index is 0.490. The van der Waals surface area contributed by atoms with E-state index < -0.39 is 6.17 Å². The molecule has 1 unspecified atom stereocenters. The third-order valence-electron chi connectivity index (χ3n) is 11.0. The summed E-state index contributed by atoms with van der Waals surface area (Å²) >= 11 is 3.63. The van der Waals surface area contributed by atoms with Crippen molar-refractivity contribution >= 4 is 107 Å². The van der Waals surface area contributed by atoms with Crippen molar-refractivity contribution in [3.63, 3.8) is 0 Å². The van der Waals surface area contributed by atoms with Crippen molar-refractivity contribution in [2.75, 3.05) is 0 Å². The van der Waals surface area contributed by atoms with Gasteiger partial charge in [-0.3, -0.25) is 4.99 Å². The number of fused-ring (bicyclic) bond motifs is 11. The van der Waals surface area contributed by atoms with Crippen LogP contribution in [0.5, 0.6) is 0 Å². The number of hydrogen-bond donors (Lipinski definition) is 0. The lowest BCUT2D eigenvalue weighted by Gasteiger charge is -2.33. The second-order valence-electron chi connectivity index (χ2n) is 14.3. The normalized spacial score (nSPS) is 14.6. The van der Waals surface area contributed by atoms with E-state index in [1.807, 2.05) is 22.7 Å². The van der Waals surface area contributed by atoms with Gasteiger partial charge in [-0.2, -0.15) is 0 Å². The van der Waals surface area contributed by atoms with Crippen molar-refractivity contribution in [2.45, 2.75) is 6.17 Å². The Balaban J connectivity index is 1.08. The van der Waals surface area contributed by atoms with E-state index in [9.17, 15) is 0 Å². The van der Waals surface area contributed by atoms with Gasteiger partial charge in [0, 0.05) is 67.6 Å². The summed E-state index contributed by atoms with van der Waals surface area (Å²) in [7, 11) is 0. The highest BCUT2D eigenvalue weighted by atomic mass is 32.1. The SMILES string of the molecule is c1ccc(-c2nc3ccccc3c3c2ccc2sc4c(C5N=C(c6cccc7ccccc67)N=C(c6ccc7c(c6)sc6ccccc67)[N-]5)cccc4c23)cc1. The molecule has 4 heterocycles. The third-order valence-corrected chi connectivity index (χ3v) is 13.4. The summed E-state index contributed by atoms with van der Waals surface area (Å²) < 4.78 is 4.92. The van der Waals surface area contributed by atoms with Crippen LogP contribution < -0.4 is 0 Å². The number of nitrogens with zero attached hydrogens (tertiary/aromatic N) is 4. The largest absolute Gasteiger partial charge is 0.438 e. The van der Waals surface area contributed by atoms with Crippen molar-refractivity contribution in [1.82, 2.24) is 4.98 Å². The highest BCUT2D eigenvalue weighted by Gasteiger charge is 2.22. The number of pyridine rings is 1. The highest BCUT2D eigenvalue weighted by Crippen LogP contribution is 2.47. The Hall–Kier alpha value is -6.73. The van der Waals surface area contributed by atoms with Gasteiger partial charge in [-0.1, -0.05) is 151 Å². The van der Waals surface area contributed by atoms with Crippen molar-refractivity contribution < 1.29 is 0 Å². The first-order valence-electron chi connectivity index (χ1n) is 18.7. The van der Waals surface area contributed by atoms with Gasteiger partial charge in [0.25, 0.3) is 0 Å². The molecule has 8 aromatic carbocycles. The lowest BCUT2D eigenvalue weighted by molar-refractivity contribution is 0.889. The Morgan fingerprint density at radius 2 is 1.21 bits per heavy atom. The van der Waals surface area contributed by atoms with Crippen LogP contribution in [0.25, 0.3) is 89.4 Å². The van der Waals surface area contributed by atoms with Crippen LogP contribution in [0, 0.1) is 0 Å². The molecular formula is C50H29N4S2-. The van der Waals surface area contributed by atoms with Gasteiger partial charge in [-0.25, -0.2) is 4.98 Å². The average molecular weight is 750 g/mol. The summed E-state index contributed by atoms with van der Waals surface area (Å²) in [6.07, 6.45) is -0.490. The molecule has 1 atom stereocenters. The molecule has 0 saturated carbocycles. The first kappa shape index (κ1) is 31.6. The number of hydrogen-bond acceptors (Lipinski definition) is 5. The molecular weight excluding hydrogens is 721 g/mol. The monoisotopic (exact) mass is 749 g/mol. The molecule has 56 heavy (non-hydrogen) atoms. The summed E-state index contributed by atoms with van der Waals surface area (Å²) in [4.78, 5) is 15.9. The highest BCUT2D eigenvalue weighted by molar-refractivity contribution is 7.26. The van der Waals surface area contributed by atoms with E-state index in [4.69, 9.17) is 20.3 Å². The number of aromatic nitrogens is 1. The van der Waals surface area contributed by atoms with Gasteiger partial charge < -0.3 is 10.3 Å². The fourth-order valence-corrected chi connectivity index (χ4v) is 10.9. The van der Waals surface area contributed by atoms with E-state index in [1.165, 1.54) is 45.7 Å². The maximum atomic E-state index is 5.39. The van der Waals surface area contributed by atoms with Crippen LogP contribution in [0.1, 0.15) is 22.9 Å². The van der Waals surface area contributed by atoms with E-state index in [0.717, 1.165) is 55.0 Å². The van der Waals surface area contributed by atoms with Crippen LogP contribution in [0.3, 0.4) is 0 Å². The molecule has 0 saturated heterocycles. The van der Waals surface area contributed by atoms with E-state index in [0.29, 0.717) is 11.7 Å². The van der Waals surface area contributed by atoms with Crippen molar-refractivity contribution in [2.24, 2.45) is 9.98 Å². The van der Waals surface area contributed by atoms with Gasteiger partial charge in [-0.15, -0.1) is 22.7 Å². The van der Waals surface area contributed by atoms with Crippen molar-refractivity contribution in [1.29, 1.82) is 0 Å². The topological polar surface area (TPSA) is 51.7 Å². The molecule has 262 valence electrons. The minimum Gasteiger partial charge on any atom is -0.438 e. The molecule has 0 bridgehead atoms. The van der Waals surface area contributed by atoms with Gasteiger partial charge in [0.05, 0.1) is 23.2 Å². The van der Waals surface area contributed by atoms with Crippen LogP contribution >= 0.6 is 22.7 Å². The van der Waals surface area contributed by atoms with Gasteiger partial charge in [0.1, 0.15) is 0 Å². The van der Waals surface area contributed by atoms with Crippen molar-refractivity contribution in [3.05, 3.63) is 192 Å². The summed E-state index contributed by atoms with van der Waals surface area (Å²) in [5.74, 6) is 1.39. The number of thiophene rings is 2. The maximum Gasteiger partial charge on any atom is 0.0836 e. The molecule has 0 N–H and O–H groups in total. The van der Waals surface area contributed by atoms with Gasteiger partial charge >= 0.3 is 0 Å². The molecule has 0 spiro atoms. The number of amidine groups is 2. The zero-order valence-electron chi connectivity index (χ0n) is 29.8. The predicted octanol–water partition coefficient (Wildman–Crippen LogP) is 14.2. The van der Waals surface area contributed by atoms with E-state index in [1.54, 1.807) is 0 Å². The molecule has 0 fully saturated rings. The van der Waals surface area contributed by atoms with E-state index >= 15 is 0 Å². The first-order chi connectivity index (χ1) is 27.7. The second-order valence-corrected chi connectivity index (χ2v) is 16.4. The average Bonchev–Trinajstić information content (AvgIpc) is 3.84. The number of para-hydroxylation sites is 1. The molecule has 11 aromatic rings. The van der Waals surface area contributed by atoms with Crippen molar-refractivity contribution in [3.8, 4) is 11.3 Å². The van der Waals surface area contributed by atoms with Gasteiger partial charge in [0.15, 0.2) is 0 Å². The number of benzene rings is 8. The zero-order chi connectivity index (χ0) is 36.7. The molecule has 3 aromatic heterocycles. The lowest BCUT2D eigenvalue weighted by atomic mass is 9.95. The predicted molar refractivity (Wildman–Crippen MR) is 240 cm³/mol. The van der Waals surface area contributed by atoms with Crippen LogP contribution in [0.2, 0.25) is 0 Å². The fourth-order valence-electron chi connectivity index (χ4n) is 8.48. The molecule has 0 radical (unpaired) electrons. The summed E-state index contributed by atoms with van der Waals surface area (Å²) in [5.41, 5.74) is 6.17. The standard InChI is InChI=1S/C50H29N4S2/c1-2-13-30(14-3-1)46-37-26-27-42-45(44(37)36-18-6-8-22-40(36)51-46)38-20-11-21-39(47(38)56-42)50-53-48(31-24-25-34-33-17-7-9-23-41(33)55-43(34)28-31)52-49(54-50)35-19-10-15-29-12-4-5-16-32(29)35/h1-28,50H/q-1. The Morgan fingerprint density at radius 1 is 0.482 bits per heavy atom. The van der Waals surface area contributed by atoms with Crippen LogP contribution in [-0.4, -0.2) is 16.7 Å². The van der Waals surface area contributed by atoms with Gasteiger partial charge in [-0.05, 0) is 46.2 Å². The first-order valence-corrected chi connectivity index (χ1v) is 20.4. The number of aliphatic imine (C=N–C) groups is 2. The summed E-state index contributed by atoms with van der Waals surface area (Å²) in [5, 5.41) is 16.2. The minimum atomic E-state index is -0.490. The molecule has 12 rings (SSSR count). The Morgan fingerprint density at radius 3 is 2.14 bits per heavy atom. The Labute approximate surface area is 329 Å². The van der Waals surface area contributed by atoms with Crippen LogP contribution in [-0.2, 0) is 0 Å². The Kier molecular flexibility index (Phi) is 7.00. The van der Waals surface area contributed by atoms with Crippen LogP contribution in [0.4, 0.5) is 0 Å². The lowest BCUT2D eigenvalue weighted by Crippen LogP contribution is -2.16. The van der Waals surface area contributed by atoms with E-state index in [-0.39, 0.29) is 0 Å². The van der Waals surface area contributed by atoms with Crippen LogP contribution in [0.15, 0.2) is 180 Å². The molecule has 1 aliphatic heterocycles. The molecule has 6 heteroatoms. The Bertz CT molecular complexity index is 3460. The third kappa shape index (κ3) is 4.86. The molecule has 1 aliphatic rings. The summed E-state index contributed by atoms with van der Waals surface area (Å²) in [6.45, 7) is 0. The number of rotatable bonds is 4. The fraction of sp³-hybridized carbons (Fsp3) is 0.0200. The summed E-state index contributed by atoms with van der Waals surface area (Å²) in [6, 6.07) is 60.3. The quantitative estimate of drug-likeness (QED) is 0.165. The second kappa shape index (κ2) is 12.4. The van der Waals surface area contributed by atoms with Gasteiger partial charge in [0.2, 0.25) is 0 Å². The molecule has 4 nitrogen and oxygen atoms in total. The molecule has 0 amide bonds. The molecule has 0 aliphatic carbocycles. The maximum absolute atomic E-state index is 5.39.